The number of thioether (sulfide) groups is 1. The minimum atomic E-state index is 0.986. The molecule has 12 heavy (non-hydrogen) atoms. The van der Waals surface area contributed by atoms with Crippen molar-refractivity contribution in [2.45, 2.75) is 26.1 Å². The molecule has 0 unspecified atom stereocenters. The number of hydrogen-bond acceptors (Lipinski definition) is 2. The van der Waals surface area contributed by atoms with Crippen LogP contribution in [-0.2, 0) is 12.3 Å². The minimum Gasteiger partial charge on any atom is -0.322 e. The zero-order valence-corrected chi connectivity index (χ0v) is 9.78. The number of hydrogen-bond donors (Lipinski definition) is 0. The maximum Gasteiger partial charge on any atom is 0.119 e. The van der Waals surface area contributed by atoms with Gasteiger partial charge in [-0.15, -0.1) is 0 Å². The van der Waals surface area contributed by atoms with Crippen LogP contribution in [0.15, 0.2) is 10.8 Å². The normalized spacial score (nSPS) is 10.6. The first kappa shape index (κ1) is 10.1. The fourth-order valence-corrected chi connectivity index (χ4v) is 2.21. The standard InChI is InChI=1S/C8H13BrN2S/c1-3-11-7(9)5-10-8(11)6-12-4-2/h5H,3-4,6H2,1-2H3. The Labute approximate surface area is 85.9 Å². The highest BCUT2D eigenvalue weighted by molar-refractivity contribution is 9.10. The van der Waals surface area contributed by atoms with Gasteiger partial charge in [-0.3, -0.25) is 0 Å². The summed E-state index contributed by atoms with van der Waals surface area (Å²) in [5.74, 6) is 3.32. The van der Waals surface area contributed by atoms with Crippen molar-refractivity contribution < 1.29 is 0 Å². The fraction of sp³-hybridized carbons (Fsp3) is 0.625. The molecule has 0 fully saturated rings. The first-order valence-corrected chi connectivity index (χ1v) is 6.02. The maximum atomic E-state index is 4.32. The molecule has 0 aromatic carbocycles. The molecule has 0 bridgehead atoms. The summed E-state index contributed by atoms with van der Waals surface area (Å²) >= 11 is 5.36. The van der Waals surface area contributed by atoms with E-state index in [1.807, 2.05) is 18.0 Å². The molecule has 0 aliphatic heterocycles. The summed E-state index contributed by atoms with van der Waals surface area (Å²) in [6.07, 6.45) is 1.87. The molecule has 1 rings (SSSR count). The molecule has 0 amide bonds. The van der Waals surface area contributed by atoms with Gasteiger partial charge in [0.1, 0.15) is 10.4 Å². The molecular weight excluding hydrogens is 236 g/mol. The molecule has 4 heteroatoms. The average molecular weight is 249 g/mol. The van der Waals surface area contributed by atoms with Crippen molar-refractivity contribution in [2.24, 2.45) is 0 Å². The topological polar surface area (TPSA) is 17.8 Å². The third-order valence-corrected chi connectivity index (χ3v) is 3.14. The molecule has 1 heterocycles. The van der Waals surface area contributed by atoms with E-state index >= 15 is 0 Å². The van der Waals surface area contributed by atoms with E-state index in [-0.39, 0.29) is 0 Å². The van der Waals surface area contributed by atoms with Crippen LogP contribution in [0.3, 0.4) is 0 Å². The first-order chi connectivity index (χ1) is 5.79. The predicted molar refractivity (Wildman–Crippen MR) is 57.4 cm³/mol. The van der Waals surface area contributed by atoms with Gasteiger partial charge in [-0.25, -0.2) is 4.98 Å². The van der Waals surface area contributed by atoms with E-state index in [0.717, 1.165) is 28.5 Å². The Morgan fingerprint density at radius 3 is 2.92 bits per heavy atom. The molecule has 68 valence electrons. The second-order valence-corrected chi connectivity index (χ2v) is 4.47. The van der Waals surface area contributed by atoms with Gasteiger partial charge >= 0.3 is 0 Å². The zero-order chi connectivity index (χ0) is 8.97. The van der Waals surface area contributed by atoms with Crippen LogP contribution in [0.1, 0.15) is 19.7 Å². The van der Waals surface area contributed by atoms with Crippen LogP contribution in [0.5, 0.6) is 0 Å². The largest absolute Gasteiger partial charge is 0.322 e. The summed E-state index contributed by atoms with van der Waals surface area (Å²) in [6.45, 7) is 5.28. The molecule has 0 aliphatic carbocycles. The van der Waals surface area contributed by atoms with Gasteiger partial charge in [-0.05, 0) is 28.6 Å². The number of nitrogens with zero attached hydrogens (tertiary/aromatic N) is 2. The Morgan fingerprint density at radius 1 is 1.58 bits per heavy atom. The zero-order valence-electron chi connectivity index (χ0n) is 7.38. The third kappa shape index (κ3) is 2.26. The quantitative estimate of drug-likeness (QED) is 0.816. The van der Waals surface area contributed by atoms with Crippen LogP contribution >= 0.6 is 27.7 Å². The van der Waals surface area contributed by atoms with Gasteiger partial charge in [0, 0.05) is 6.54 Å². The van der Waals surface area contributed by atoms with Crippen molar-refractivity contribution in [1.82, 2.24) is 9.55 Å². The van der Waals surface area contributed by atoms with Crippen LogP contribution < -0.4 is 0 Å². The minimum absolute atomic E-state index is 0.986. The van der Waals surface area contributed by atoms with Crippen molar-refractivity contribution in [2.75, 3.05) is 5.75 Å². The van der Waals surface area contributed by atoms with Crippen LogP contribution in [0.2, 0.25) is 0 Å². The van der Waals surface area contributed by atoms with Crippen molar-refractivity contribution in [3.63, 3.8) is 0 Å². The van der Waals surface area contributed by atoms with Gasteiger partial charge in [0.05, 0.1) is 11.9 Å². The molecule has 0 saturated heterocycles. The Balaban J connectivity index is 2.70. The van der Waals surface area contributed by atoms with E-state index in [2.05, 4.69) is 39.3 Å². The van der Waals surface area contributed by atoms with Gasteiger partial charge < -0.3 is 4.57 Å². The lowest BCUT2D eigenvalue weighted by Gasteiger charge is -2.04. The van der Waals surface area contributed by atoms with Crippen molar-refractivity contribution in [3.8, 4) is 0 Å². The van der Waals surface area contributed by atoms with E-state index in [4.69, 9.17) is 0 Å². The summed E-state index contributed by atoms with van der Waals surface area (Å²) in [5.41, 5.74) is 0. The number of rotatable bonds is 4. The van der Waals surface area contributed by atoms with Gasteiger partial charge in [0.15, 0.2) is 0 Å². The number of aromatic nitrogens is 2. The van der Waals surface area contributed by atoms with E-state index in [0.29, 0.717) is 0 Å². The fourth-order valence-electron chi connectivity index (χ4n) is 1.03. The lowest BCUT2D eigenvalue weighted by atomic mass is 10.6. The van der Waals surface area contributed by atoms with Crippen molar-refractivity contribution in [3.05, 3.63) is 16.6 Å². The van der Waals surface area contributed by atoms with E-state index in [1.54, 1.807) is 0 Å². The highest BCUT2D eigenvalue weighted by atomic mass is 79.9. The lowest BCUT2D eigenvalue weighted by molar-refractivity contribution is 0.711. The van der Waals surface area contributed by atoms with E-state index in [9.17, 15) is 0 Å². The first-order valence-electron chi connectivity index (χ1n) is 4.07. The highest BCUT2D eigenvalue weighted by Crippen LogP contribution is 2.16. The monoisotopic (exact) mass is 248 g/mol. The van der Waals surface area contributed by atoms with Crippen LogP contribution in [0.25, 0.3) is 0 Å². The van der Waals surface area contributed by atoms with Crippen LogP contribution in [-0.4, -0.2) is 15.3 Å². The SMILES string of the molecule is CCSCc1ncc(Br)n1CC. The molecule has 0 radical (unpaired) electrons. The summed E-state index contributed by atoms with van der Waals surface area (Å²) < 4.78 is 3.26. The third-order valence-electron chi connectivity index (χ3n) is 1.64. The van der Waals surface area contributed by atoms with Crippen molar-refractivity contribution >= 4 is 27.7 Å². The summed E-state index contributed by atoms with van der Waals surface area (Å²) in [4.78, 5) is 4.32. The Bertz CT molecular complexity index is 247. The molecule has 0 N–H and O–H groups in total. The van der Waals surface area contributed by atoms with Crippen molar-refractivity contribution in [1.29, 1.82) is 0 Å². The molecule has 0 saturated carbocycles. The Morgan fingerprint density at radius 2 is 2.33 bits per heavy atom. The Hall–Kier alpha value is 0.0400. The van der Waals surface area contributed by atoms with E-state index < -0.39 is 0 Å². The van der Waals surface area contributed by atoms with Gasteiger partial charge in [-0.2, -0.15) is 11.8 Å². The smallest absolute Gasteiger partial charge is 0.119 e. The summed E-state index contributed by atoms with van der Waals surface area (Å²) in [7, 11) is 0. The molecule has 1 aromatic heterocycles. The van der Waals surface area contributed by atoms with E-state index in [1.165, 1.54) is 0 Å². The Kier molecular flexibility index (Phi) is 4.15. The number of halogens is 1. The molecule has 2 nitrogen and oxygen atoms in total. The van der Waals surface area contributed by atoms with Gasteiger partial charge in [0.2, 0.25) is 0 Å². The molecule has 0 spiro atoms. The summed E-state index contributed by atoms with van der Waals surface area (Å²) in [6, 6.07) is 0. The van der Waals surface area contributed by atoms with Crippen LogP contribution in [0.4, 0.5) is 0 Å². The highest BCUT2D eigenvalue weighted by Gasteiger charge is 2.04. The molecular formula is C8H13BrN2S. The average Bonchev–Trinajstić information content (AvgIpc) is 2.43. The molecule has 0 atom stereocenters. The lowest BCUT2D eigenvalue weighted by Crippen LogP contribution is -2.00. The van der Waals surface area contributed by atoms with Crippen LogP contribution in [0, 0.1) is 0 Å². The molecule has 1 aromatic rings. The molecule has 0 aliphatic rings. The van der Waals surface area contributed by atoms with Gasteiger partial charge in [0.25, 0.3) is 0 Å². The second kappa shape index (κ2) is 4.92. The summed E-state index contributed by atoms with van der Waals surface area (Å²) in [5, 5.41) is 0. The second-order valence-electron chi connectivity index (χ2n) is 2.38. The van der Waals surface area contributed by atoms with Gasteiger partial charge in [-0.1, -0.05) is 6.92 Å². The maximum absolute atomic E-state index is 4.32. The number of imidazole rings is 1. The predicted octanol–water partition coefficient (Wildman–Crippen LogP) is 2.92.